The molecule has 0 atom stereocenters. The summed E-state index contributed by atoms with van der Waals surface area (Å²) in [5.41, 5.74) is 0.653. The number of thiazole rings is 1. The predicted octanol–water partition coefficient (Wildman–Crippen LogP) is 2.78. The molecule has 2 aromatic heterocycles. The Morgan fingerprint density at radius 2 is 2.09 bits per heavy atom. The van der Waals surface area contributed by atoms with Gasteiger partial charge < -0.3 is 13.9 Å². The molecule has 1 aliphatic rings. The van der Waals surface area contributed by atoms with E-state index in [0.717, 1.165) is 10.8 Å². The first kappa shape index (κ1) is 13.5. The fourth-order valence-corrected chi connectivity index (χ4v) is 2.95. The Labute approximate surface area is 131 Å². The highest BCUT2D eigenvalue weighted by Crippen LogP contribution is 2.39. The van der Waals surface area contributed by atoms with Gasteiger partial charge in [-0.1, -0.05) is 11.3 Å². The molecule has 9 nitrogen and oxygen atoms in total. The molecule has 0 fully saturated rings. The largest absolute Gasteiger partial charge is 0.454 e. The van der Waals surface area contributed by atoms with Gasteiger partial charge in [0.15, 0.2) is 22.4 Å². The smallest absolute Gasteiger partial charge is 0.433 e. The minimum Gasteiger partial charge on any atom is -0.454 e. The van der Waals surface area contributed by atoms with Crippen molar-refractivity contribution in [2.24, 2.45) is 0 Å². The molecule has 0 unspecified atom stereocenters. The fraction of sp³-hybridized carbons (Fsp3) is 0.0769. The second kappa shape index (κ2) is 4.95. The SMILES string of the molecule is O=C(Nc1nc2cc3c(cc2s1)OCO3)c1ccc([N+](=O)[O-])o1. The molecule has 1 aliphatic heterocycles. The topological polar surface area (TPSA) is 117 Å². The van der Waals surface area contributed by atoms with E-state index in [4.69, 9.17) is 13.9 Å². The van der Waals surface area contributed by atoms with Crippen molar-refractivity contribution in [3.05, 3.63) is 40.1 Å². The lowest BCUT2D eigenvalue weighted by atomic mass is 10.3. The Balaban J connectivity index is 1.59. The van der Waals surface area contributed by atoms with Crippen LogP contribution in [0.25, 0.3) is 10.2 Å². The number of carbonyl (C=O) groups is 1. The molecule has 3 heterocycles. The molecular formula is C13H7N3O6S. The Hall–Kier alpha value is -3.14. The van der Waals surface area contributed by atoms with Crippen LogP contribution in [0.3, 0.4) is 0 Å². The molecule has 0 radical (unpaired) electrons. The predicted molar refractivity (Wildman–Crippen MR) is 79.1 cm³/mol. The van der Waals surface area contributed by atoms with Crippen LogP contribution in [0, 0.1) is 10.1 Å². The number of rotatable bonds is 3. The van der Waals surface area contributed by atoms with E-state index in [2.05, 4.69) is 10.3 Å². The maximum atomic E-state index is 12.0. The van der Waals surface area contributed by atoms with Crippen molar-refractivity contribution in [1.29, 1.82) is 0 Å². The van der Waals surface area contributed by atoms with Crippen molar-refractivity contribution in [2.75, 3.05) is 12.1 Å². The summed E-state index contributed by atoms with van der Waals surface area (Å²) in [5.74, 6) is -0.0458. The van der Waals surface area contributed by atoms with E-state index in [1.807, 2.05) is 0 Å². The van der Waals surface area contributed by atoms with Gasteiger partial charge in [0, 0.05) is 12.1 Å². The first-order valence-electron chi connectivity index (χ1n) is 6.36. The summed E-state index contributed by atoms with van der Waals surface area (Å²) in [4.78, 5) is 26.1. The van der Waals surface area contributed by atoms with Gasteiger partial charge in [-0.05, 0) is 6.07 Å². The number of furan rings is 1. The zero-order valence-corrected chi connectivity index (χ0v) is 12.1. The third-order valence-corrected chi connectivity index (χ3v) is 4.03. The number of nitrogens with one attached hydrogen (secondary N) is 1. The van der Waals surface area contributed by atoms with Crippen LogP contribution in [0.4, 0.5) is 11.0 Å². The molecule has 4 rings (SSSR count). The number of anilines is 1. The quantitative estimate of drug-likeness (QED) is 0.578. The fourth-order valence-electron chi connectivity index (χ4n) is 2.08. The zero-order chi connectivity index (χ0) is 16.0. The van der Waals surface area contributed by atoms with Gasteiger partial charge in [-0.3, -0.25) is 20.2 Å². The van der Waals surface area contributed by atoms with Crippen molar-refractivity contribution in [3.8, 4) is 11.5 Å². The van der Waals surface area contributed by atoms with E-state index in [0.29, 0.717) is 22.1 Å². The van der Waals surface area contributed by atoms with Crippen molar-refractivity contribution in [2.45, 2.75) is 0 Å². The van der Waals surface area contributed by atoms with Crippen LogP contribution in [0.5, 0.6) is 11.5 Å². The van der Waals surface area contributed by atoms with Crippen LogP contribution in [0.1, 0.15) is 10.6 Å². The lowest BCUT2D eigenvalue weighted by molar-refractivity contribution is -0.402. The van der Waals surface area contributed by atoms with Gasteiger partial charge in [-0.2, -0.15) is 0 Å². The number of hydrogen-bond acceptors (Lipinski definition) is 8. The number of amides is 1. The van der Waals surface area contributed by atoms with Gasteiger partial charge >= 0.3 is 5.88 Å². The maximum Gasteiger partial charge on any atom is 0.433 e. The van der Waals surface area contributed by atoms with Crippen LogP contribution in [0.2, 0.25) is 0 Å². The molecule has 1 amide bonds. The molecule has 0 spiro atoms. The summed E-state index contributed by atoms with van der Waals surface area (Å²) < 4.78 is 16.2. The van der Waals surface area contributed by atoms with Gasteiger partial charge in [0.1, 0.15) is 4.92 Å². The number of hydrogen-bond donors (Lipinski definition) is 1. The average Bonchev–Trinajstić information content (AvgIpc) is 3.22. The first-order chi connectivity index (χ1) is 11.1. The van der Waals surface area contributed by atoms with Crippen molar-refractivity contribution in [3.63, 3.8) is 0 Å². The van der Waals surface area contributed by atoms with E-state index in [9.17, 15) is 14.9 Å². The number of fused-ring (bicyclic) bond motifs is 2. The highest BCUT2D eigenvalue weighted by Gasteiger charge is 2.20. The summed E-state index contributed by atoms with van der Waals surface area (Å²) in [7, 11) is 0. The van der Waals surface area contributed by atoms with Gasteiger partial charge in [0.05, 0.1) is 16.3 Å². The average molecular weight is 333 g/mol. The van der Waals surface area contributed by atoms with Crippen LogP contribution in [0.15, 0.2) is 28.7 Å². The van der Waals surface area contributed by atoms with E-state index in [-0.39, 0.29) is 12.6 Å². The molecule has 23 heavy (non-hydrogen) atoms. The van der Waals surface area contributed by atoms with Crippen LogP contribution < -0.4 is 14.8 Å². The number of benzene rings is 1. The van der Waals surface area contributed by atoms with Gasteiger partial charge in [-0.15, -0.1) is 0 Å². The summed E-state index contributed by atoms with van der Waals surface area (Å²) in [6.45, 7) is 0.174. The number of nitrogens with zero attached hydrogens (tertiary/aromatic N) is 2. The highest BCUT2D eigenvalue weighted by molar-refractivity contribution is 7.22. The third-order valence-electron chi connectivity index (χ3n) is 3.10. The molecule has 0 aliphatic carbocycles. The van der Waals surface area contributed by atoms with Gasteiger partial charge in [0.2, 0.25) is 6.79 Å². The minimum absolute atomic E-state index is 0.162. The maximum absolute atomic E-state index is 12.0. The van der Waals surface area contributed by atoms with Gasteiger partial charge in [0.25, 0.3) is 5.91 Å². The van der Waals surface area contributed by atoms with E-state index < -0.39 is 16.7 Å². The highest BCUT2D eigenvalue weighted by atomic mass is 32.1. The number of ether oxygens (including phenoxy) is 2. The summed E-state index contributed by atoms with van der Waals surface area (Å²) in [6, 6.07) is 5.85. The van der Waals surface area contributed by atoms with E-state index in [1.165, 1.54) is 17.4 Å². The zero-order valence-electron chi connectivity index (χ0n) is 11.3. The van der Waals surface area contributed by atoms with Crippen molar-refractivity contribution in [1.82, 2.24) is 4.98 Å². The van der Waals surface area contributed by atoms with Gasteiger partial charge in [-0.25, -0.2) is 4.98 Å². The number of carbonyl (C=O) groups excluding carboxylic acids is 1. The summed E-state index contributed by atoms with van der Waals surface area (Å²) in [5, 5.41) is 13.4. The molecule has 0 bridgehead atoms. The monoisotopic (exact) mass is 333 g/mol. The van der Waals surface area contributed by atoms with E-state index >= 15 is 0 Å². The van der Waals surface area contributed by atoms with Crippen LogP contribution >= 0.6 is 11.3 Å². The first-order valence-corrected chi connectivity index (χ1v) is 7.17. The lowest BCUT2D eigenvalue weighted by Gasteiger charge is -1.96. The van der Waals surface area contributed by atoms with Crippen molar-refractivity contribution < 1.29 is 23.6 Å². The summed E-state index contributed by atoms with van der Waals surface area (Å²) >= 11 is 1.25. The minimum atomic E-state index is -0.712. The van der Waals surface area contributed by atoms with Crippen LogP contribution in [-0.4, -0.2) is 22.6 Å². The molecule has 10 heteroatoms. The standard InChI is InChI=1S/C13H7N3O6S/c17-12(7-1-2-11(22-7)16(18)19)15-13-14-6-3-8-9(21-5-20-8)4-10(6)23-13/h1-4H,5H2,(H,14,15,17). The molecule has 1 aromatic carbocycles. The lowest BCUT2D eigenvalue weighted by Crippen LogP contribution is -2.10. The molecule has 0 saturated heterocycles. The second-order valence-electron chi connectivity index (χ2n) is 4.54. The molecular weight excluding hydrogens is 326 g/mol. The molecule has 0 saturated carbocycles. The third kappa shape index (κ3) is 2.34. The molecule has 3 aromatic rings. The molecule has 116 valence electrons. The Morgan fingerprint density at radius 1 is 1.30 bits per heavy atom. The number of nitro groups is 1. The Bertz CT molecular complexity index is 905. The van der Waals surface area contributed by atoms with Crippen LogP contribution in [-0.2, 0) is 0 Å². The Kier molecular flexibility index (Phi) is 2.91. The Morgan fingerprint density at radius 3 is 2.83 bits per heavy atom. The normalized spacial score (nSPS) is 12.5. The van der Waals surface area contributed by atoms with E-state index in [1.54, 1.807) is 12.1 Å². The summed E-state index contributed by atoms with van der Waals surface area (Å²) in [6.07, 6.45) is 0. The number of aromatic nitrogens is 1. The van der Waals surface area contributed by atoms with Crippen molar-refractivity contribution >= 4 is 38.5 Å². The molecule has 1 N–H and O–H groups in total. The second-order valence-corrected chi connectivity index (χ2v) is 5.57.